The quantitative estimate of drug-likeness (QED) is 0.347. The van der Waals surface area contributed by atoms with E-state index in [9.17, 15) is 4.79 Å². The van der Waals surface area contributed by atoms with Crippen molar-refractivity contribution >= 4 is 51.2 Å². The van der Waals surface area contributed by atoms with Gasteiger partial charge >= 0.3 is 5.97 Å². The Morgan fingerprint density at radius 3 is 2.50 bits per heavy atom. The summed E-state index contributed by atoms with van der Waals surface area (Å²) in [6.07, 6.45) is 2.34. The molecule has 0 bridgehead atoms. The first kappa shape index (κ1) is 18.4. The molecular formula is C17H22I2O3. The monoisotopic (exact) mass is 528 g/mol. The molecule has 4 atom stereocenters. The van der Waals surface area contributed by atoms with Gasteiger partial charge in [0.15, 0.2) is 0 Å². The van der Waals surface area contributed by atoms with Crippen molar-refractivity contribution in [3.05, 3.63) is 35.4 Å². The molecule has 1 N–H and O–H groups in total. The Kier molecular flexibility index (Phi) is 7.40. The topological polar surface area (TPSA) is 46.5 Å². The number of aliphatic hydroxyl groups is 1. The number of ether oxygens (including phenoxy) is 1. The summed E-state index contributed by atoms with van der Waals surface area (Å²) in [5, 5.41) is 8.62. The van der Waals surface area contributed by atoms with Crippen molar-refractivity contribution in [1.29, 1.82) is 0 Å². The summed E-state index contributed by atoms with van der Waals surface area (Å²) in [5.41, 5.74) is 2.57. The Labute approximate surface area is 159 Å². The number of halogens is 2. The summed E-state index contributed by atoms with van der Waals surface area (Å²) in [4.78, 5) is 11.4. The van der Waals surface area contributed by atoms with Gasteiger partial charge in [0.2, 0.25) is 0 Å². The average Bonchev–Trinajstić information content (AvgIpc) is 2.76. The SMILES string of the molecule is CC1C(I)CC(I)[C@@H]1c1ccc(CCC(=O)OCCO)cc1. The van der Waals surface area contributed by atoms with Crippen molar-refractivity contribution in [2.45, 2.75) is 40.0 Å². The van der Waals surface area contributed by atoms with Gasteiger partial charge < -0.3 is 9.84 Å². The van der Waals surface area contributed by atoms with E-state index in [4.69, 9.17) is 9.84 Å². The van der Waals surface area contributed by atoms with E-state index in [2.05, 4.69) is 76.4 Å². The van der Waals surface area contributed by atoms with Gasteiger partial charge in [-0.1, -0.05) is 76.4 Å². The van der Waals surface area contributed by atoms with Gasteiger partial charge in [-0.05, 0) is 35.8 Å². The van der Waals surface area contributed by atoms with Crippen molar-refractivity contribution < 1.29 is 14.6 Å². The summed E-state index contributed by atoms with van der Waals surface area (Å²) in [7, 11) is 0. The molecule has 1 aliphatic rings. The predicted molar refractivity (Wildman–Crippen MR) is 105 cm³/mol. The maximum Gasteiger partial charge on any atom is 0.306 e. The van der Waals surface area contributed by atoms with Crippen molar-refractivity contribution in [2.24, 2.45) is 5.92 Å². The zero-order valence-corrected chi connectivity index (χ0v) is 17.0. The molecule has 0 radical (unpaired) electrons. The second-order valence-corrected chi connectivity index (χ2v) is 9.04. The van der Waals surface area contributed by atoms with Gasteiger partial charge in [-0.2, -0.15) is 0 Å². The van der Waals surface area contributed by atoms with Gasteiger partial charge in [-0.3, -0.25) is 4.79 Å². The number of aliphatic hydroxyl groups excluding tert-OH is 1. The highest BCUT2D eigenvalue weighted by Crippen LogP contribution is 2.47. The average molecular weight is 528 g/mol. The third kappa shape index (κ3) is 4.80. The Bertz CT molecular complexity index is 489. The van der Waals surface area contributed by atoms with Crippen LogP contribution in [0.1, 0.15) is 36.8 Å². The first-order valence-electron chi connectivity index (χ1n) is 7.66. The van der Waals surface area contributed by atoms with Crippen LogP contribution in [-0.4, -0.2) is 32.1 Å². The first-order valence-corrected chi connectivity index (χ1v) is 10.2. The zero-order valence-electron chi connectivity index (χ0n) is 12.7. The van der Waals surface area contributed by atoms with Crippen LogP contribution in [0, 0.1) is 5.92 Å². The van der Waals surface area contributed by atoms with Crippen LogP contribution in [0.25, 0.3) is 0 Å². The largest absolute Gasteiger partial charge is 0.463 e. The van der Waals surface area contributed by atoms with Gasteiger partial charge in [0.05, 0.1) is 6.61 Å². The van der Waals surface area contributed by atoms with Crippen LogP contribution in [-0.2, 0) is 16.0 Å². The van der Waals surface area contributed by atoms with Crippen molar-refractivity contribution in [3.63, 3.8) is 0 Å². The smallest absolute Gasteiger partial charge is 0.306 e. The Balaban J connectivity index is 1.92. The second kappa shape index (κ2) is 8.82. The maximum absolute atomic E-state index is 11.4. The van der Waals surface area contributed by atoms with Gasteiger partial charge in [-0.25, -0.2) is 0 Å². The molecule has 0 saturated heterocycles. The number of esters is 1. The van der Waals surface area contributed by atoms with E-state index in [1.54, 1.807) is 0 Å². The first-order chi connectivity index (χ1) is 10.5. The van der Waals surface area contributed by atoms with Crippen LogP contribution in [0.15, 0.2) is 24.3 Å². The standard InChI is InChI=1S/C17H22I2O3/c1-11-14(18)10-15(19)17(11)13-5-2-12(3-6-13)4-7-16(21)22-9-8-20/h2-3,5-6,11,14-15,17,20H,4,7-10H2,1H3/t11?,14?,15?,17-/m0/s1. The summed E-state index contributed by atoms with van der Waals surface area (Å²) in [6, 6.07) is 8.70. The highest BCUT2D eigenvalue weighted by Gasteiger charge is 2.38. The van der Waals surface area contributed by atoms with Crippen LogP contribution in [0.4, 0.5) is 0 Å². The van der Waals surface area contributed by atoms with Crippen LogP contribution < -0.4 is 0 Å². The fourth-order valence-corrected chi connectivity index (χ4v) is 6.61. The molecule has 1 aromatic carbocycles. The Hall–Kier alpha value is 0.110. The number of carbonyl (C=O) groups is 1. The molecule has 0 amide bonds. The second-order valence-electron chi connectivity index (χ2n) is 5.84. The highest BCUT2D eigenvalue weighted by atomic mass is 127. The molecule has 22 heavy (non-hydrogen) atoms. The number of benzene rings is 1. The highest BCUT2D eigenvalue weighted by molar-refractivity contribution is 14.1. The molecule has 122 valence electrons. The molecule has 0 aliphatic heterocycles. The lowest BCUT2D eigenvalue weighted by Gasteiger charge is -2.20. The molecule has 0 heterocycles. The minimum absolute atomic E-state index is 0.0891. The lowest BCUT2D eigenvalue weighted by molar-refractivity contribution is -0.144. The molecule has 3 unspecified atom stereocenters. The predicted octanol–water partition coefficient (Wildman–Crippen LogP) is 3.89. The fourth-order valence-electron chi connectivity index (χ4n) is 3.03. The molecule has 0 aromatic heterocycles. The minimum Gasteiger partial charge on any atom is -0.463 e. The fraction of sp³-hybridized carbons (Fsp3) is 0.588. The summed E-state index contributed by atoms with van der Waals surface area (Å²) in [6.45, 7) is 2.33. The molecule has 1 fully saturated rings. The molecule has 1 aliphatic carbocycles. The van der Waals surface area contributed by atoms with E-state index in [0.717, 1.165) is 9.49 Å². The van der Waals surface area contributed by atoms with E-state index in [1.165, 1.54) is 12.0 Å². The third-order valence-electron chi connectivity index (χ3n) is 4.31. The third-order valence-corrected chi connectivity index (χ3v) is 7.24. The van der Waals surface area contributed by atoms with Gasteiger partial charge in [-0.15, -0.1) is 0 Å². The van der Waals surface area contributed by atoms with Crippen LogP contribution in [0.3, 0.4) is 0 Å². The summed E-state index contributed by atoms with van der Waals surface area (Å²) >= 11 is 5.17. The number of hydrogen-bond acceptors (Lipinski definition) is 3. The Morgan fingerprint density at radius 2 is 1.95 bits per heavy atom. The van der Waals surface area contributed by atoms with Crippen molar-refractivity contribution in [3.8, 4) is 0 Å². The van der Waals surface area contributed by atoms with Crippen molar-refractivity contribution in [1.82, 2.24) is 0 Å². The number of carbonyl (C=O) groups excluding carboxylic acids is 1. The molecule has 3 nitrogen and oxygen atoms in total. The van der Waals surface area contributed by atoms with E-state index >= 15 is 0 Å². The number of rotatable bonds is 6. The molecule has 0 spiro atoms. The molecule has 2 rings (SSSR count). The van der Waals surface area contributed by atoms with Crippen LogP contribution in [0.2, 0.25) is 0 Å². The van der Waals surface area contributed by atoms with Gasteiger partial charge in [0.1, 0.15) is 6.61 Å². The normalized spacial score (nSPS) is 27.8. The summed E-state index contributed by atoms with van der Waals surface area (Å²) < 4.78 is 6.32. The Morgan fingerprint density at radius 1 is 1.27 bits per heavy atom. The minimum atomic E-state index is -0.248. The molecule has 5 heteroatoms. The molecular weight excluding hydrogens is 506 g/mol. The van der Waals surface area contributed by atoms with Gasteiger partial charge in [0.25, 0.3) is 0 Å². The maximum atomic E-state index is 11.4. The van der Waals surface area contributed by atoms with Crippen LogP contribution >= 0.6 is 45.2 Å². The number of hydrogen-bond donors (Lipinski definition) is 1. The lowest BCUT2D eigenvalue weighted by atomic mass is 9.89. The molecule has 1 aromatic rings. The number of aryl methyl sites for hydroxylation is 1. The van der Waals surface area contributed by atoms with E-state index in [1.807, 2.05) is 0 Å². The van der Waals surface area contributed by atoms with Crippen molar-refractivity contribution in [2.75, 3.05) is 13.2 Å². The number of alkyl halides is 2. The zero-order chi connectivity index (χ0) is 16.1. The van der Waals surface area contributed by atoms with E-state index in [-0.39, 0.29) is 19.2 Å². The van der Waals surface area contributed by atoms with Crippen LogP contribution in [0.5, 0.6) is 0 Å². The lowest BCUT2D eigenvalue weighted by Crippen LogP contribution is -2.12. The molecule has 1 saturated carbocycles. The summed E-state index contributed by atoms with van der Waals surface area (Å²) in [5.74, 6) is 1.09. The van der Waals surface area contributed by atoms with E-state index in [0.29, 0.717) is 28.6 Å². The van der Waals surface area contributed by atoms with E-state index < -0.39 is 0 Å². The van der Waals surface area contributed by atoms with Gasteiger partial charge in [0, 0.05) is 14.3 Å².